The van der Waals surface area contributed by atoms with Crippen LogP contribution in [0.3, 0.4) is 0 Å². The number of ether oxygens (including phenoxy) is 2. The van der Waals surface area contributed by atoms with Crippen LogP contribution in [0.2, 0.25) is 0 Å². The molecule has 13 heteroatoms. The van der Waals surface area contributed by atoms with Crippen molar-refractivity contribution >= 4 is 23.0 Å². The van der Waals surface area contributed by atoms with E-state index in [0.29, 0.717) is 65.1 Å². The number of alkyl halides is 2. The Balaban J connectivity index is 0.979. The Morgan fingerprint density at radius 2 is 1.65 bits per heavy atom. The van der Waals surface area contributed by atoms with Crippen LogP contribution < -0.4 is 10.6 Å². The second-order valence-corrected chi connectivity index (χ2v) is 16.0. The van der Waals surface area contributed by atoms with E-state index >= 15 is 8.78 Å². The molecule has 0 spiro atoms. The lowest BCUT2D eigenvalue weighted by Crippen LogP contribution is -2.57. The first-order valence-corrected chi connectivity index (χ1v) is 19.0. The quantitative estimate of drug-likeness (QED) is 0.131. The van der Waals surface area contributed by atoms with Crippen LogP contribution in [0.15, 0.2) is 60.8 Å². The number of piperidine rings is 1. The molecule has 3 fully saturated rings. The zero-order valence-electron chi connectivity index (χ0n) is 31.6. The molecule has 4 heterocycles. The lowest BCUT2D eigenvalue weighted by Gasteiger charge is -2.37. The predicted molar refractivity (Wildman–Crippen MR) is 203 cm³/mol. The lowest BCUT2D eigenvalue weighted by atomic mass is 9.85. The van der Waals surface area contributed by atoms with Crippen molar-refractivity contribution < 1.29 is 27.8 Å². The Morgan fingerprint density at radius 3 is 2.35 bits per heavy atom. The fourth-order valence-electron chi connectivity index (χ4n) is 9.62. The predicted octanol–water partition coefficient (Wildman–Crippen LogP) is 7.32. The van der Waals surface area contributed by atoms with Crippen molar-refractivity contribution in [3.63, 3.8) is 0 Å². The average Bonchev–Trinajstić information content (AvgIpc) is 4.05. The van der Waals surface area contributed by atoms with Gasteiger partial charge in [0, 0.05) is 36.4 Å². The highest BCUT2D eigenvalue weighted by atomic mass is 19.3. The van der Waals surface area contributed by atoms with E-state index in [1.165, 1.54) is 39.5 Å². The first-order chi connectivity index (χ1) is 26.3. The fraction of sp³-hybridized carbons (Fsp3) is 0.429. The molecule has 1 saturated carbocycles. The van der Waals surface area contributed by atoms with Crippen molar-refractivity contribution in [3.8, 4) is 33.5 Å². The molecule has 9 rings (SSSR count). The van der Waals surface area contributed by atoms with Gasteiger partial charge in [-0.25, -0.2) is 14.8 Å². The van der Waals surface area contributed by atoms with Crippen molar-refractivity contribution in [2.45, 2.75) is 88.1 Å². The number of amides is 2. The number of nitrogens with one attached hydrogen (secondary N) is 4. The number of rotatable bonds is 8. The minimum absolute atomic E-state index is 0.0282. The summed E-state index contributed by atoms with van der Waals surface area (Å²) < 4.78 is 43.1. The van der Waals surface area contributed by atoms with Crippen LogP contribution in [0.25, 0.3) is 44.5 Å². The number of aromatic nitrogens is 4. The molecule has 2 aliphatic heterocycles. The topological polar surface area (TPSA) is 137 Å². The van der Waals surface area contributed by atoms with Crippen molar-refractivity contribution in [2.24, 2.45) is 5.92 Å². The minimum atomic E-state index is -3.23. The summed E-state index contributed by atoms with van der Waals surface area (Å²) in [5, 5.41) is 6.38. The Labute approximate surface area is 317 Å². The largest absolute Gasteiger partial charge is 0.453 e. The summed E-state index contributed by atoms with van der Waals surface area (Å²) in [7, 11) is 2.70. The maximum atomic E-state index is 16.5. The van der Waals surface area contributed by atoms with Crippen molar-refractivity contribution in [2.75, 3.05) is 20.8 Å². The standard InChI is InChI=1S/C42H45F2N7O4/c1-22(54-4)35(49-39(53)55-5)36(52)51-16-6-15-40(51,2)37-45-21-34(48-37)25-8-13-29-28-12-7-23(17-30(28)42(43,44)31(29)18-25)24-9-14-32-33(19-24)47-38(46-32)41(3)26-10-11-27(20-26)50-41/h7-9,12-14,17-19,21-22,26-27,35,50H,6,10-11,15-16,20H2,1-5H3,(H,45,48)(H,46,47)(H,49,53)/t22-,26+,27-,35?,40+,41+/m1/s1. The first-order valence-electron chi connectivity index (χ1n) is 19.0. The molecule has 2 aliphatic carbocycles. The highest BCUT2D eigenvalue weighted by Crippen LogP contribution is 2.53. The van der Waals surface area contributed by atoms with E-state index in [1.807, 2.05) is 37.3 Å². The zero-order valence-corrected chi connectivity index (χ0v) is 31.6. The van der Waals surface area contributed by atoms with Gasteiger partial charge in [0.2, 0.25) is 5.91 Å². The lowest BCUT2D eigenvalue weighted by molar-refractivity contribution is -0.140. The SMILES string of the molecule is COC(=O)NC(C(=O)N1CCC[C@@]1(C)c1ncc(-c2ccc3c(c2)C(F)(F)c2cc(-c4ccc5nc([C@@]6(C)N[C@@H]7CC[C@H]6C7)[nH]c5c4)ccc2-3)[nH]1)[C@@H](C)OC. The number of carbonyl (C=O) groups is 2. The second kappa shape index (κ2) is 12.7. The molecule has 11 nitrogen and oxygen atoms in total. The van der Waals surface area contributed by atoms with Gasteiger partial charge in [0.25, 0.3) is 5.92 Å². The molecule has 2 bridgehead atoms. The van der Waals surface area contributed by atoms with Crippen molar-refractivity contribution in [1.82, 2.24) is 35.5 Å². The van der Waals surface area contributed by atoms with E-state index in [-0.39, 0.29) is 22.6 Å². The third-order valence-corrected chi connectivity index (χ3v) is 12.9. The van der Waals surface area contributed by atoms with Crippen molar-refractivity contribution in [3.05, 3.63) is 83.6 Å². The highest BCUT2D eigenvalue weighted by Gasteiger charge is 2.51. The molecule has 4 N–H and O–H groups in total. The van der Waals surface area contributed by atoms with Crippen LogP contribution in [0.5, 0.6) is 0 Å². The van der Waals surface area contributed by atoms with Crippen LogP contribution in [0, 0.1) is 5.92 Å². The highest BCUT2D eigenvalue weighted by molar-refractivity contribution is 5.88. The third-order valence-electron chi connectivity index (χ3n) is 12.9. The normalized spacial score (nSPS) is 25.9. The number of H-pyrrole nitrogens is 2. The van der Waals surface area contributed by atoms with Gasteiger partial charge in [-0.15, -0.1) is 0 Å². The molecule has 2 aromatic heterocycles. The number of halogens is 2. The number of nitrogens with zero attached hydrogens (tertiary/aromatic N) is 3. The number of alkyl carbamates (subject to hydrolysis) is 1. The molecule has 4 aliphatic rings. The fourth-order valence-corrected chi connectivity index (χ4v) is 9.62. The van der Waals surface area contributed by atoms with Gasteiger partial charge in [-0.3, -0.25) is 4.79 Å². The molecule has 1 unspecified atom stereocenters. The van der Waals surface area contributed by atoms with Crippen LogP contribution >= 0.6 is 0 Å². The average molecular weight is 750 g/mol. The number of hydrogen-bond acceptors (Lipinski definition) is 7. The number of imidazole rings is 2. The molecule has 55 heavy (non-hydrogen) atoms. The van der Waals surface area contributed by atoms with Gasteiger partial charge in [0.1, 0.15) is 17.7 Å². The number of hydrogen-bond donors (Lipinski definition) is 4. The van der Waals surface area contributed by atoms with E-state index in [4.69, 9.17) is 14.5 Å². The maximum Gasteiger partial charge on any atom is 0.407 e. The number of aromatic amines is 2. The second-order valence-electron chi connectivity index (χ2n) is 16.0. The maximum absolute atomic E-state index is 16.5. The summed E-state index contributed by atoms with van der Waals surface area (Å²) in [4.78, 5) is 44.2. The summed E-state index contributed by atoms with van der Waals surface area (Å²) in [6.07, 6.45) is 5.16. The molecular weight excluding hydrogens is 705 g/mol. The molecular formula is C42H45F2N7O4. The van der Waals surface area contributed by atoms with Gasteiger partial charge in [0.15, 0.2) is 0 Å². The van der Waals surface area contributed by atoms with Gasteiger partial charge in [0.05, 0.1) is 47.2 Å². The number of benzene rings is 3. The molecule has 2 amide bonds. The van der Waals surface area contributed by atoms with Crippen LogP contribution in [0.1, 0.15) is 75.7 Å². The summed E-state index contributed by atoms with van der Waals surface area (Å²) in [6.45, 7) is 6.29. The third kappa shape index (κ3) is 5.48. The summed E-state index contributed by atoms with van der Waals surface area (Å²) in [5.74, 6) is -1.55. The van der Waals surface area contributed by atoms with Gasteiger partial charge in [-0.05, 0) is 105 Å². The van der Waals surface area contributed by atoms with E-state index in [9.17, 15) is 9.59 Å². The van der Waals surface area contributed by atoms with Crippen LogP contribution in [-0.2, 0) is 31.3 Å². The smallest absolute Gasteiger partial charge is 0.407 e. The zero-order chi connectivity index (χ0) is 38.4. The monoisotopic (exact) mass is 749 g/mol. The molecule has 3 aromatic carbocycles. The number of methoxy groups -OCH3 is 2. The van der Waals surface area contributed by atoms with E-state index in [0.717, 1.165) is 22.4 Å². The van der Waals surface area contributed by atoms with E-state index in [2.05, 4.69) is 32.5 Å². The first kappa shape index (κ1) is 35.6. The Kier molecular flexibility index (Phi) is 8.21. The van der Waals surface area contributed by atoms with Gasteiger partial charge >= 0.3 is 6.09 Å². The molecule has 2 saturated heterocycles. The Bertz CT molecular complexity index is 2360. The number of likely N-dealkylation sites (tertiary alicyclic amines) is 1. The number of carbonyl (C=O) groups excluding carboxylic acids is 2. The van der Waals surface area contributed by atoms with Crippen LogP contribution in [-0.4, -0.2) is 75.8 Å². The minimum Gasteiger partial charge on any atom is -0.453 e. The summed E-state index contributed by atoms with van der Waals surface area (Å²) in [5.41, 5.74) is 4.29. The summed E-state index contributed by atoms with van der Waals surface area (Å²) in [6, 6.07) is 15.9. The van der Waals surface area contributed by atoms with Gasteiger partial charge < -0.3 is 35.0 Å². The molecule has 286 valence electrons. The Hall–Kier alpha value is -5.14. The summed E-state index contributed by atoms with van der Waals surface area (Å²) >= 11 is 0. The van der Waals surface area contributed by atoms with E-state index in [1.54, 1.807) is 36.2 Å². The van der Waals surface area contributed by atoms with Gasteiger partial charge in [-0.1, -0.05) is 30.3 Å². The molecule has 0 radical (unpaired) electrons. The van der Waals surface area contributed by atoms with Crippen molar-refractivity contribution in [1.29, 1.82) is 0 Å². The van der Waals surface area contributed by atoms with Gasteiger partial charge in [-0.2, -0.15) is 8.78 Å². The van der Waals surface area contributed by atoms with Crippen LogP contribution in [0.4, 0.5) is 13.6 Å². The van der Waals surface area contributed by atoms with E-state index < -0.39 is 29.7 Å². The molecule has 5 aromatic rings. The molecule has 6 atom stereocenters. The Morgan fingerprint density at radius 1 is 0.945 bits per heavy atom. The number of fused-ring (bicyclic) bond motifs is 6.